The fourth-order valence-electron chi connectivity index (χ4n) is 2.84. The number of hydrogen-bond acceptors (Lipinski definition) is 6. The number of hydrogen-bond donors (Lipinski definition) is 0. The lowest BCUT2D eigenvalue weighted by atomic mass is 10.2. The molecule has 2 heterocycles. The fraction of sp³-hybridized carbons (Fsp3) is 0.682. The lowest BCUT2D eigenvalue weighted by Crippen LogP contribution is -2.45. The summed E-state index contributed by atoms with van der Waals surface area (Å²) in [6.45, 7) is 14.7. The second kappa shape index (κ2) is 10.7. The van der Waals surface area contributed by atoms with Gasteiger partial charge in [0, 0.05) is 17.9 Å². The third-order valence-electron chi connectivity index (χ3n) is 5.90. The molecule has 1 fully saturated rings. The van der Waals surface area contributed by atoms with Crippen molar-refractivity contribution < 1.29 is 18.8 Å². The van der Waals surface area contributed by atoms with Crippen LogP contribution in [-0.4, -0.2) is 49.3 Å². The van der Waals surface area contributed by atoms with Crippen molar-refractivity contribution in [1.82, 2.24) is 9.88 Å². The minimum Gasteiger partial charge on any atom is -0.463 e. The Labute approximate surface area is 185 Å². The van der Waals surface area contributed by atoms with Crippen LogP contribution in [0.5, 0.6) is 0 Å². The molecule has 0 saturated carbocycles. The van der Waals surface area contributed by atoms with Crippen LogP contribution in [0.3, 0.4) is 0 Å². The first-order valence-electron chi connectivity index (χ1n) is 10.8. The molecule has 8 heteroatoms. The van der Waals surface area contributed by atoms with E-state index in [9.17, 15) is 9.59 Å². The van der Waals surface area contributed by atoms with E-state index in [1.165, 1.54) is 17.4 Å². The third-order valence-corrected chi connectivity index (χ3v) is 11.3. The van der Waals surface area contributed by atoms with Crippen LogP contribution >= 0.6 is 11.3 Å². The number of carbonyl (C=O) groups is 2. The van der Waals surface area contributed by atoms with E-state index < -0.39 is 8.32 Å². The Morgan fingerprint density at radius 2 is 2.13 bits per heavy atom. The summed E-state index contributed by atoms with van der Waals surface area (Å²) in [4.78, 5) is 30.6. The summed E-state index contributed by atoms with van der Waals surface area (Å²) in [7, 11) is -1.85. The summed E-state index contributed by atoms with van der Waals surface area (Å²) in [5.41, 5.74) is 0.711. The Kier molecular flexibility index (Phi) is 8.81. The highest BCUT2D eigenvalue weighted by Crippen LogP contribution is 2.37. The minimum atomic E-state index is -1.85. The molecule has 0 unspecified atom stereocenters. The van der Waals surface area contributed by atoms with Crippen molar-refractivity contribution in [3.05, 3.63) is 22.2 Å². The maximum absolute atomic E-state index is 12.4. The summed E-state index contributed by atoms with van der Waals surface area (Å²) < 4.78 is 11.5. The highest BCUT2D eigenvalue weighted by atomic mass is 32.1. The summed E-state index contributed by atoms with van der Waals surface area (Å²) in [6, 6.07) is 0.100. The summed E-state index contributed by atoms with van der Waals surface area (Å²) in [6.07, 6.45) is 6.32. The molecule has 0 radical (unpaired) electrons. The Bertz CT molecular complexity index is 755. The van der Waals surface area contributed by atoms with Crippen LogP contribution < -0.4 is 0 Å². The third kappa shape index (κ3) is 7.03. The van der Waals surface area contributed by atoms with Gasteiger partial charge in [-0.1, -0.05) is 34.1 Å². The van der Waals surface area contributed by atoms with Gasteiger partial charge in [0.2, 0.25) is 5.91 Å². The van der Waals surface area contributed by atoms with Crippen molar-refractivity contribution in [2.24, 2.45) is 0 Å². The van der Waals surface area contributed by atoms with E-state index in [0.717, 1.165) is 24.3 Å². The van der Waals surface area contributed by atoms with Crippen LogP contribution in [0.1, 0.15) is 64.1 Å². The second-order valence-electron chi connectivity index (χ2n) is 9.31. The highest BCUT2D eigenvalue weighted by Gasteiger charge is 2.39. The van der Waals surface area contributed by atoms with Crippen molar-refractivity contribution in [3.8, 4) is 0 Å². The lowest BCUT2D eigenvalue weighted by molar-refractivity contribution is -0.137. The standard InChI is InChI=1S/C22H36N2O4SSi/c1-7-8-13-27-21(26)12-9-17-16-29-19(23-17)14-24-18(10-11-20(24)25)15-28-30(5,6)22(2,3)4/h9,12,16,18H,7-8,10-11,13-15H2,1-6H3/b12-9+/t18-/m1/s1. The number of aromatic nitrogens is 1. The Morgan fingerprint density at radius 3 is 2.80 bits per heavy atom. The maximum atomic E-state index is 12.4. The molecular weight excluding hydrogens is 416 g/mol. The molecule has 0 bridgehead atoms. The molecule has 1 saturated heterocycles. The van der Waals surface area contributed by atoms with Crippen LogP contribution in [0.4, 0.5) is 0 Å². The Morgan fingerprint density at radius 1 is 1.40 bits per heavy atom. The van der Waals surface area contributed by atoms with Gasteiger partial charge in [0.25, 0.3) is 0 Å². The monoisotopic (exact) mass is 452 g/mol. The van der Waals surface area contributed by atoms with E-state index in [1.54, 1.807) is 6.08 Å². The zero-order valence-corrected chi connectivity index (χ0v) is 21.0. The maximum Gasteiger partial charge on any atom is 0.330 e. The molecule has 1 amide bonds. The number of carbonyl (C=O) groups excluding carboxylic acids is 2. The van der Waals surface area contributed by atoms with Gasteiger partial charge in [-0.05, 0) is 37.0 Å². The number of nitrogens with zero attached hydrogens (tertiary/aromatic N) is 2. The molecule has 6 nitrogen and oxygen atoms in total. The van der Waals surface area contributed by atoms with Crippen molar-refractivity contribution in [2.45, 2.75) is 84.1 Å². The van der Waals surface area contributed by atoms with Crippen molar-refractivity contribution in [1.29, 1.82) is 0 Å². The summed E-state index contributed by atoms with van der Waals surface area (Å²) in [5, 5.41) is 2.91. The normalized spacial score (nSPS) is 17.9. The van der Waals surface area contributed by atoms with Gasteiger partial charge in [0.15, 0.2) is 8.32 Å². The van der Waals surface area contributed by atoms with Crippen LogP contribution in [0.15, 0.2) is 11.5 Å². The first kappa shape index (κ1) is 24.8. The molecule has 30 heavy (non-hydrogen) atoms. The Balaban J connectivity index is 1.93. The van der Waals surface area contributed by atoms with E-state index in [2.05, 4.69) is 45.8 Å². The molecule has 1 aromatic rings. The van der Waals surface area contributed by atoms with Gasteiger partial charge in [0.05, 0.1) is 31.5 Å². The van der Waals surface area contributed by atoms with Gasteiger partial charge < -0.3 is 14.1 Å². The SMILES string of the molecule is CCCCOC(=O)/C=C/c1csc(CN2C(=O)CC[C@@H]2CO[Si](C)(C)C(C)(C)C)n1. The summed E-state index contributed by atoms with van der Waals surface area (Å²) >= 11 is 1.50. The zero-order chi connectivity index (χ0) is 22.4. The van der Waals surface area contributed by atoms with E-state index in [4.69, 9.17) is 9.16 Å². The van der Waals surface area contributed by atoms with Gasteiger partial charge in [-0.2, -0.15) is 0 Å². The minimum absolute atomic E-state index is 0.100. The van der Waals surface area contributed by atoms with Gasteiger partial charge >= 0.3 is 5.97 Å². The van der Waals surface area contributed by atoms with Crippen LogP contribution in [0.2, 0.25) is 18.1 Å². The number of likely N-dealkylation sites (tertiary alicyclic amines) is 1. The number of esters is 1. The van der Waals surface area contributed by atoms with Crippen molar-refractivity contribution in [3.63, 3.8) is 0 Å². The molecule has 1 aliphatic rings. The fourth-order valence-corrected chi connectivity index (χ4v) is 4.65. The number of unbranched alkanes of at least 4 members (excludes halogenated alkanes) is 1. The predicted octanol–water partition coefficient (Wildman–Crippen LogP) is 5.01. The zero-order valence-electron chi connectivity index (χ0n) is 19.2. The summed E-state index contributed by atoms with van der Waals surface area (Å²) in [5.74, 6) is -0.193. The van der Waals surface area contributed by atoms with Gasteiger partial charge in [0.1, 0.15) is 5.01 Å². The smallest absolute Gasteiger partial charge is 0.330 e. The molecule has 1 aliphatic heterocycles. The van der Waals surface area contributed by atoms with E-state index in [-0.39, 0.29) is 23.0 Å². The van der Waals surface area contributed by atoms with Gasteiger partial charge in [-0.15, -0.1) is 11.3 Å². The van der Waals surface area contributed by atoms with Crippen LogP contribution in [0.25, 0.3) is 6.08 Å². The molecule has 0 aliphatic carbocycles. The number of rotatable bonds is 10. The first-order chi connectivity index (χ1) is 14.0. The first-order valence-corrected chi connectivity index (χ1v) is 14.5. The molecule has 1 aromatic heterocycles. The molecule has 1 atom stereocenters. The second-order valence-corrected chi connectivity index (χ2v) is 15.1. The molecule has 2 rings (SSSR count). The molecule has 168 valence electrons. The number of ether oxygens (including phenoxy) is 1. The number of thiazole rings is 1. The van der Waals surface area contributed by atoms with E-state index in [0.29, 0.717) is 31.9 Å². The quantitative estimate of drug-likeness (QED) is 0.216. The van der Waals surface area contributed by atoms with Crippen LogP contribution in [0, 0.1) is 0 Å². The number of amides is 1. The van der Waals surface area contributed by atoms with Crippen LogP contribution in [-0.2, 0) is 25.3 Å². The Hall–Kier alpha value is -1.51. The van der Waals surface area contributed by atoms with Crippen molar-refractivity contribution in [2.75, 3.05) is 13.2 Å². The highest BCUT2D eigenvalue weighted by molar-refractivity contribution is 7.09. The molecule has 0 N–H and O–H groups in total. The van der Waals surface area contributed by atoms with Crippen molar-refractivity contribution >= 4 is 37.6 Å². The van der Waals surface area contributed by atoms with Gasteiger partial charge in [-0.25, -0.2) is 9.78 Å². The predicted molar refractivity (Wildman–Crippen MR) is 124 cm³/mol. The van der Waals surface area contributed by atoms with E-state index in [1.807, 2.05) is 10.3 Å². The molecule has 0 spiro atoms. The average Bonchev–Trinajstić information content (AvgIpc) is 3.25. The molecule has 0 aromatic carbocycles. The topological polar surface area (TPSA) is 68.7 Å². The van der Waals surface area contributed by atoms with Gasteiger partial charge in [-0.3, -0.25) is 4.79 Å². The van der Waals surface area contributed by atoms with E-state index >= 15 is 0 Å². The molecular formula is C22H36N2O4SSi. The lowest BCUT2D eigenvalue weighted by Gasteiger charge is -2.38. The largest absolute Gasteiger partial charge is 0.463 e. The average molecular weight is 453 g/mol.